The lowest BCUT2D eigenvalue weighted by molar-refractivity contribution is -0.129. The number of nitriles is 1. The molecular formula is C10H12N2O. The molecule has 0 aromatic carbocycles. The lowest BCUT2D eigenvalue weighted by atomic mass is 10.3. The zero-order chi connectivity index (χ0) is 9.68. The van der Waals surface area contributed by atoms with E-state index in [1.165, 1.54) is 12.8 Å². The van der Waals surface area contributed by atoms with Gasteiger partial charge in [0.05, 0.1) is 12.6 Å². The predicted octanol–water partition coefficient (Wildman–Crippen LogP) is 0.772. The van der Waals surface area contributed by atoms with Gasteiger partial charge in [0.25, 0.3) is 0 Å². The number of hydrogen-bond acceptors (Lipinski definition) is 2. The molecule has 1 fully saturated rings. The van der Waals surface area contributed by atoms with Crippen molar-refractivity contribution in [1.29, 1.82) is 5.26 Å². The second-order valence-electron chi connectivity index (χ2n) is 3.26. The van der Waals surface area contributed by atoms with Gasteiger partial charge in [-0.3, -0.25) is 4.79 Å². The molecule has 1 aliphatic carbocycles. The Morgan fingerprint density at radius 3 is 2.77 bits per heavy atom. The minimum atomic E-state index is -0.146. The average molecular weight is 176 g/mol. The smallest absolute Gasteiger partial charge is 0.237 e. The Labute approximate surface area is 78.3 Å². The second kappa shape index (κ2) is 4.52. The van der Waals surface area contributed by atoms with E-state index in [0.717, 1.165) is 6.54 Å². The molecule has 0 unspecified atom stereocenters. The summed E-state index contributed by atoms with van der Waals surface area (Å²) in [5.74, 6) is 2.91. The fraction of sp³-hybridized carbons (Fsp3) is 0.600. The predicted molar refractivity (Wildman–Crippen MR) is 48.4 cm³/mol. The molecule has 0 N–H and O–H groups in total. The van der Waals surface area contributed by atoms with Crippen molar-refractivity contribution in [3.05, 3.63) is 0 Å². The van der Waals surface area contributed by atoms with Gasteiger partial charge in [-0.05, 0) is 18.8 Å². The van der Waals surface area contributed by atoms with Crippen molar-refractivity contribution in [2.24, 2.45) is 5.92 Å². The zero-order valence-corrected chi connectivity index (χ0v) is 7.49. The number of amides is 1. The van der Waals surface area contributed by atoms with Crippen LogP contribution in [0.5, 0.6) is 0 Å². The monoisotopic (exact) mass is 176 g/mol. The van der Waals surface area contributed by atoms with Crippen LogP contribution in [0.3, 0.4) is 0 Å². The first kappa shape index (κ1) is 9.61. The van der Waals surface area contributed by atoms with Crippen molar-refractivity contribution in [3.63, 3.8) is 0 Å². The number of carbonyl (C=O) groups excluding carboxylic acids is 1. The molecule has 0 saturated heterocycles. The van der Waals surface area contributed by atoms with E-state index in [1.54, 1.807) is 4.90 Å². The molecule has 1 saturated carbocycles. The Morgan fingerprint density at radius 1 is 1.62 bits per heavy atom. The van der Waals surface area contributed by atoms with Crippen molar-refractivity contribution in [1.82, 2.24) is 4.90 Å². The highest BCUT2D eigenvalue weighted by Crippen LogP contribution is 2.29. The third kappa shape index (κ3) is 3.17. The van der Waals surface area contributed by atoms with E-state index in [2.05, 4.69) is 5.92 Å². The van der Waals surface area contributed by atoms with Gasteiger partial charge in [-0.2, -0.15) is 5.26 Å². The lowest BCUT2D eigenvalue weighted by Gasteiger charge is -2.18. The van der Waals surface area contributed by atoms with Crippen LogP contribution in [-0.2, 0) is 4.79 Å². The first-order valence-electron chi connectivity index (χ1n) is 4.36. The molecule has 13 heavy (non-hydrogen) atoms. The molecule has 0 bridgehead atoms. The Morgan fingerprint density at radius 2 is 2.31 bits per heavy atom. The molecule has 1 rings (SSSR count). The molecule has 0 aromatic heterocycles. The first-order valence-corrected chi connectivity index (χ1v) is 4.36. The zero-order valence-electron chi connectivity index (χ0n) is 7.49. The summed E-state index contributed by atoms with van der Waals surface area (Å²) in [7, 11) is 0. The van der Waals surface area contributed by atoms with Gasteiger partial charge in [0, 0.05) is 6.54 Å². The van der Waals surface area contributed by atoms with Crippen molar-refractivity contribution < 1.29 is 4.79 Å². The molecule has 0 heterocycles. The van der Waals surface area contributed by atoms with Gasteiger partial charge in [-0.25, -0.2) is 0 Å². The number of nitrogens with zero attached hydrogens (tertiary/aromatic N) is 2. The summed E-state index contributed by atoms with van der Waals surface area (Å²) in [5.41, 5.74) is 0. The number of carbonyl (C=O) groups is 1. The van der Waals surface area contributed by atoms with E-state index in [-0.39, 0.29) is 12.3 Å². The van der Waals surface area contributed by atoms with E-state index in [1.807, 2.05) is 6.07 Å². The van der Waals surface area contributed by atoms with Crippen LogP contribution in [0.15, 0.2) is 0 Å². The molecule has 3 heteroatoms. The molecule has 0 spiro atoms. The third-order valence-corrected chi connectivity index (χ3v) is 2.04. The van der Waals surface area contributed by atoms with Crippen LogP contribution in [0.1, 0.15) is 19.3 Å². The molecule has 1 aliphatic rings. The molecule has 68 valence electrons. The number of rotatable bonds is 4. The van der Waals surface area contributed by atoms with Crippen LogP contribution in [0.25, 0.3) is 0 Å². The normalized spacial score (nSPS) is 14.3. The fourth-order valence-corrected chi connectivity index (χ4v) is 1.16. The molecule has 0 atom stereocenters. The van der Waals surface area contributed by atoms with E-state index < -0.39 is 0 Å². The van der Waals surface area contributed by atoms with E-state index in [9.17, 15) is 4.79 Å². The van der Waals surface area contributed by atoms with Gasteiger partial charge in [-0.1, -0.05) is 5.92 Å². The molecule has 0 radical (unpaired) electrons. The van der Waals surface area contributed by atoms with Gasteiger partial charge in [-0.15, -0.1) is 6.42 Å². The highest BCUT2D eigenvalue weighted by Gasteiger charge is 2.25. The van der Waals surface area contributed by atoms with Gasteiger partial charge in [0.2, 0.25) is 5.91 Å². The maximum atomic E-state index is 11.3. The Bertz CT molecular complexity index is 268. The summed E-state index contributed by atoms with van der Waals surface area (Å²) in [6.45, 7) is 1.06. The average Bonchev–Trinajstić information content (AvgIpc) is 2.88. The largest absolute Gasteiger partial charge is 0.330 e. The Hall–Kier alpha value is -1.48. The standard InChI is InChI=1S/C10H12N2O/c1-2-7-12(8-9-3-4-9)10(13)5-6-11/h1,9H,3-5,7-8H2. The maximum absolute atomic E-state index is 11.3. The Balaban J connectivity index is 2.40. The van der Waals surface area contributed by atoms with Crippen LogP contribution in [0.2, 0.25) is 0 Å². The second-order valence-corrected chi connectivity index (χ2v) is 3.26. The molecule has 0 aromatic rings. The number of terminal acetylenes is 1. The van der Waals surface area contributed by atoms with Gasteiger partial charge >= 0.3 is 0 Å². The van der Waals surface area contributed by atoms with Gasteiger partial charge in [0.1, 0.15) is 6.42 Å². The highest BCUT2D eigenvalue weighted by molar-refractivity contribution is 5.78. The van der Waals surface area contributed by atoms with Crippen LogP contribution >= 0.6 is 0 Å². The van der Waals surface area contributed by atoms with Crippen molar-refractivity contribution in [3.8, 4) is 18.4 Å². The molecular weight excluding hydrogens is 164 g/mol. The van der Waals surface area contributed by atoms with Crippen LogP contribution in [0, 0.1) is 29.6 Å². The quantitative estimate of drug-likeness (QED) is 0.594. The minimum Gasteiger partial charge on any atom is -0.330 e. The van der Waals surface area contributed by atoms with Crippen LogP contribution in [0.4, 0.5) is 0 Å². The van der Waals surface area contributed by atoms with Crippen molar-refractivity contribution in [2.45, 2.75) is 19.3 Å². The summed E-state index contributed by atoms with van der Waals surface area (Å²) < 4.78 is 0. The summed E-state index contributed by atoms with van der Waals surface area (Å²) in [4.78, 5) is 12.9. The van der Waals surface area contributed by atoms with Crippen molar-refractivity contribution >= 4 is 5.91 Å². The number of hydrogen-bond donors (Lipinski definition) is 0. The van der Waals surface area contributed by atoms with Gasteiger partial charge in [0.15, 0.2) is 0 Å². The van der Waals surface area contributed by atoms with E-state index >= 15 is 0 Å². The van der Waals surface area contributed by atoms with Crippen molar-refractivity contribution in [2.75, 3.05) is 13.1 Å². The van der Waals surface area contributed by atoms with Crippen LogP contribution in [-0.4, -0.2) is 23.9 Å². The molecule has 0 aliphatic heterocycles. The minimum absolute atomic E-state index is 0.0611. The summed E-state index contributed by atoms with van der Waals surface area (Å²) in [5, 5.41) is 8.35. The Kier molecular flexibility index (Phi) is 3.34. The highest BCUT2D eigenvalue weighted by atomic mass is 16.2. The fourth-order valence-electron chi connectivity index (χ4n) is 1.16. The summed E-state index contributed by atoms with van der Waals surface area (Å²) >= 11 is 0. The molecule has 3 nitrogen and oxygen atoms in total. The summed E-state index contributed by atoms with van der Waals surface area (Å²) in [6.07, 6.45) is 7.43. The maximum Gasteiger partial charge on any atom is 0.237 e. The topological polar surface area (TPSA) is 44.1 Å². The summed E-state index contributed by atoms with van der Waals surface area (Å²) in [6, 6.07) is 1.84. The SMILES string of the molecule is C#CCN(CC1CC1)C(=O)CC#N. The lowest BCUT2D eigenvalue weighted by Crippen LogP contribution is -2.32. The molecule has 1 amide bonds. The third-order valence-electron chi connectivity index (χ3n) is 2.04. The van der Waals surface area contributed by atoms with E-state index in [0.29, 0.717) is 12.5 Å². The van der Waals surface area contributed by atoms with Gasteiger partial charge < -0.3 is 4.90 Å². The van der Waals surface area contributed by atoms with Crippen LogP contribution < -0.4 is 0 Å². The first-order chi connectivity index (χ1) is 6.27. The van der Waals surface area contributed by atoms with E-state index in [4.69, 9.17) is 11.7 Å².